The summed E-state index contributed by atoms with van der Waals surface area (Å²) in [7, 11) is 1.57. The zero-order valence-electron chi connectivity index (χ0n) is 12.8. The van der Waals surface area contributed by atoms with Crippen LogP contribution in [0, 0.1) is 6.92 Å². The second-order valence-corrected chi connectivity index (χ2v) is 4.45. The Labute approximate surface area is 128 Å². The predicted octanol–water partition coefficient (Wildman–Crippen LogP) is 2.76. The van der Waals surface area contributed by atoms with Crippen LogP contribution in [0.2, 0.25) is 0 Å². The Hall–Kier alpha value is -2.76. The molecule has 1 aromatic heterocycles. The van der Waals surface area contributed by atoms with Gasteiger partial charge in [-0.1, -0.05) is 0 Å². The molecule has 0 fully saturated rings. The van der Waals surface area contributed by atoms with Gasteiger partial charge in [-0.2, -0.15) is 5.10 Å². The highest BCUT2D eigenvalue weighted by atomic mass is 16.5. The molecule has 22 heavy (non-hydrogen) atoms. The molecule has 6 heteroatoms. The van der Waals surface area contributed by atoms with Crippen molar-refractivity contribution in [2.24, 2.45) is 5.10 Å². The molecule has 0 unspecified atom stereocenters. The molecule has 1 N–H and O–H groups in total. The average Bonchev–Trinajstić information content (AvgIpc) is 2.95. The van der Waals surface area contributed by atoms with Gasteiger partial charge in [-0.3, -0.25) is 4.79 Å². The summed E-state index contributed by atoms with van der Waals surface area (Å²) in [6.45, 7) is 4.23. The van der Waals surface area contributed by atoms with Crippen LogP contribution in [-0.2, 0) is 0 Å². The molecule has 0 spiro atoms. The van der Waals surface area contributed by atoms with Crippen LogP contribution in [0.25, 0.3) is 0 Å². The molecule has 1 aromatic carbocycles. The molecule has 0 aliphatic heterocycles. The van der Waals surface area contributed by atoms with Crippen LogP contribution in [-0.4, -0.2) is 25.8 Å². The smallest absolute Gasteiger partial charge is 0.307 e. The monoisotopic (exact) mass is 302 g/mol. The first-order valence-corrected chi connectivity index (χ1v) is 6.84. The van der Waals surface area contributed by atoms with Gasteiger partial charge in [0.05, 0.1) is 19.9 Å². The van der Waals surface area contributed by atoms with E-state index in [4.69, 9.17) is 13.9 Å². The van der Waals surface area contributed by atoms with Crippen LogP contribution in [0.1, 0.15) is 28.8 Å². The van der Waals surface area contributed by atoms with E-state index >= 15 is 0 Å². The van der Waals surface area contributed by atoms with Crippen molar-refractivity contribution >= 4 is 12.1 Å². The summed E-state index contributed by atoms with van der Waals surface area (Å²) in [5.74, 6) is 1.77. The van der Waals surface area contributed by atoms with Crippen molar-refractivity contribution in [1.82, 2.24) is 5.43 Å². The zero-order valence-corrected chi connectivity index (χ0v) is 12.8. The fraction of sp³-hybridized carbons (Fsp3) is 0.250. The zero-order chi connectivity index (χ0) is 15.9. The summed E-state index contributed by atoms with van der Waals surface area (Å²) < 4.78 is 15.9. The Morgan fingerprint density at radius 1 is 1.32 bits per heavy atom. The number of ether oxygens (including phenoxy) is 2. The Morgan fingerprint density at radius 2 is 2.14 bits per heavy atom. The maximum Gasteiger partial charge on any atom is 0.307 e. The number of furan rings is 1. The highest BCUT2D eigenvalue weighted by Crippen LogP contribution is 2.27. The van der Waals surface area contributed by atoms with Crippen LogP contribution >= 0.6 is 0 Å². The van der Waals surface area contributed by atoms with Crippen molar-refractivity contribution in [3.05, 3.63) is 47.4 Å². The molecule has 0 aliphatic rings. The van der Waals surface area contributed by atoms with Crippen molar-refractivity contribution in [3.8, 4) is 11.5 Å². The first-order valence-electron chi connectivity index (χ1n) is 6.84. The minimum absolute atomic E-state index is 0.221. The lowest BCUT2D eigenvalue weighted by molar-refractivity contribution is 0.0926. The Kier molecular flexibility index (Phi) is 5.19. The van der Waals surface area contributed by atoms with Gasteiger partial charge in [0.2, 0.25) is 0 Å². The van der Waals surface area contributed by atoms with E-state index in [1.807, 2.05) is 13.0 Å². The lowest BCUT2D eigenvalue weighted by Crippen LogP contribution is -2.16. The van der Waals surface area contributed by atoms with Gasteiger partial charge in [-0.05, 0) is 49.7 Å². The highest BCUT2D eigenvalue weighted by molar-refractivity contribution is 5.92. The fourth-order valence-corrected chi connectivity index (χ4v) is 1.82. The quantitative estimate of drug-likeness (QED) is 0.658. The number of hydrogen-bond acceptors (Lipinski definition) is 5. The third-order valence-electron chi connectivity index (χ3n) is 2.83. The number of amides is 1. The largest absolute Gasteiger partial charge is 0.493 e. The molecular formula is C16H18N2O4. The van der Waals surface area contributed by atoms with Gasteiger partial charge in [0, 0.05) is 0 Å². The number of rotatable bonds is 6. The summed E-state index contributed by atoms with van der Waals surface area (Å²) in [5, 5.41) is 3.90. The van der Waals surface area contributed by atoms with E-state index in [0.29, 0.717) is 23.9 Å². The number of methoxy groups -OCH3 is 1. The molecule has 1 amide bonds. The first kappa shape index (κ1) is 15.6. The molecule has 0 saturated carbocycles. The number of nitrogens with zero attached hydrogens (tertiary/aromatic N) is 1. The number of aryl methyl sites for hydroxylation is 1. The van der Waals surface area contributed by atoms with Crippen LogP contribution in [0.15, 0.2) is 39.9 Å². The molecule has 2 aromatic rings. The van der Waals surface area contributed by atoms with E-state index < -0.39 is 5.91 Å². The van der Waals surface area contributed by atoms with Gasteiger partial charge in [0.15, 0.2) is 17.3 Å². The van der Waals surface area contributed by atoms with E-state index in [9.17, 15) is 4.79 Å². The van der Waals surface area contributed by atoms with E-state index in [1.165, 1.54) is 6.21 Å². The van der Waals surface area contributed by atoms with Gasteiger partial charge in [-0.25, -0.2) is 5.43 Å². The second kappa shape index (κ2) is 7.31. The Bertz CT molecular complexity index is 677. The minimum atomic E-state index is -0.401. The van der Waals surface area contributed by atoms with Gasteiger partial charge in [0.25, 0.3) is 0 Å². The molecule has 1 heterocycles. The lowest BCUT2D eigenvalue weighted by Gasteiger charge is -2.09. The fourth-order valence-electron chi connectivity index (χ4n) is 1.82. The van der Waals surface area contributed by atoms with Gasteiger partial charge < -0.3 is 13.9 Å². The number of hydrogen-bond donors (Lipinski definition) is 1. The van der Waals surface area contributed by atoms with Crippen LogP contribution < -0.4 is 14.9 Å². The number of carbonyl (C=O) groups is 1. The molecule has 0 atom stereocenters. The van der Waals surface area contributed by atoms with Crippen molar-refractivity contribution in [2.75, 3.05) is 13.7 Å². The number of hydrazone groups is 1. The number of nitrogens with one attached hydrogen (secondary N) is 1. The maximum absolute atomic E-state index is 11.7. The van der Waals surface area contributed by atoms with Crippen molar-refractivity contribution in [2.45, 2.75) is 13.8 Å². The summed E-state index contributed by atoms with van der Waals surface area (Å²) in [6, 6.07) is 8.70. The summed E-state index contributed by atoms with van der Waals surface area (Å²) in [4.78, 5) is 11.7. The second-order valence-electron chi connectivity index (χ2n) is 4.45. The SMILES string of the molecule is CCOc1ccc(/C=N\NC(=O)c2ccc(C)o2)cc1OC. The van der Waals surface area contributed by atoms with Gasteiger partial charge in [-0.15, -0.1) is 0 Å². The van der Waals surface area contributed by atoms with Gasteiger partial charge >= 0.3 is 5.91 Å². The molecule has 0 bridgehead atoms. The maximum atomic E-state index is 11.7. The average molecular weight is 302 g/mol. The number of benzene rings is 1. The topological polar surface area (TPSA) is 73.1 Å². The summed E-state index contributed by atoms with van der Waals surface area (Å²) >= 11 is 0. The van der Waals surface area contributed by atoms with Crippen LogP contribution in [0.3, 0.4) is 0 Å². The van der Waals surface area contributed by atoms with Crippen molar-refractivity contribution in [3.63, 3.8) is 0 Å². The minimum Gasteiger partial charge on any atom is -0.493 e. The number of carbonyl (C=O) groups excluding carboxylic acids is 1. The van der Waals surface area contributed by atoms with E-state index in [0.717, 1.165) is 5.56 Å². The Morgan fingerprint density at radius 3 is 2.77 bits per heavy atom. The summed E-state index contributed by atoms with van der Waals surface area (Å²) in [6.07, 6.45) is 1.52. The molecule has 0 saturated heterocycles. The van der Waals surface area contributed by atoms with Crippen LogP contribution in [0.5, 0.6) is 11.5 Å². The Balaban J connectivity index is 2.02. The third kappa shape index (κ3) is 3.88. The van der Waals surface area contributed by atoms with Crippen molar-refractivity contribution < 1.29 is 18.7 Å². The van der Waals surface area contributed by atoms with E-state index in [-0.39, 0.29) is 5.76 Å². The summed E-state index contributed by atoms with van der Waals surface area (Å²) in [5.41, 5.74) is 3.18. The van der Waals surface area contributed by atoms with E-state index in [2.05, 4.69) is 10.5 Å². The van der Waals surface area contributed by atoms with Gasteiger partial charge in [0.1, 0.15) is 5.76 Å². The highest BCUT2D eigenvalue weighted by Gasteiger charge is 2.08. The standard InChI is InChI=1S/C16H18N2O4/c1-4-21-13-8-6-12(9-15(13)20-3)10-17-18-16(19)14-7-5-11(2)22-14/h5-10H,4H2,1-3H3,(H,18,19)/b17-10-. The molecular weight excluding hydrogens is 284 g/mol. The predicted molar refractivity (Wildman–Crippen MR) is 82.7 cm³/mol. The molecule has 6 nitrogen and oxygen atoms in total. The molecule has 2 rings (SSSR count). The normalized spacial score (nSPS) is 10.7. The first-order chi connectivity index (χ1) is 10.6. The molecule has 0 aliphatic carbocycles. The molecule has 0 radical (unpaired) electrons. The van der Waals surface area contributed by atoms with E-state index in [1.54, 1.807) is 38.3 Å². The molecule has 116 valence electrons. The lowest BCUT2D eigenvalue weighted by atomic mass is 10.2. The van der Waals surface area contributed by atoms with Crippen molar-refractivity contribution in [1.29, 1.82) is 0 Å². The van der Waals surface area contributed by atoms with Crippen LogP contribution in [0.4, 0.5) is 0 Å². The third-order valence-corrected chi connectivity index (χ3v) is 2.83.